The van der Waals surface area contributed by atoms with Crippen LogP contribution in [0.2, 0.25) is 0 Å². The summed E-state index contributed by atoms with van der Waals surface area (Å²) in [4.78, 5) is 12.5. The zero-order valence-electron chi connectivity index (χ0n) is 15.9. The molecule has 4 nitrogen and oxygen atoms in total. The minimum atomic E-state index is -0.427. The fourth-order valence-electron chi connectivity index (χ4n) is 4.16. The van der Waals surface area contributed by atoms with Crippen molar-refractivity contribution >= 4 is 28.9 Å². The van der Waals surface area contributed by atoms with Gasteiger partial charge in [0.2, 0.25) is 0 Å². The highest BCUT2D eigenvalue weighted by molar-refractivity contribution is 6.34. The smallest absolute Gasteiger partial charge is 0.256 e. The molecule has 0 spiro atoms. The van der Waals surface area contributed by atoms with Gasteiger partial charge in [-0.3, -0.25) is 4.79 Å². The Balaban J connectivity index is 1.55. The van der Waals surface area contributed by atoms with E-state index in [0.717, 1.165) is 42.7 Å². The zero-order chi connectivity index (χ0) is 19.8. The van der Waals surface area contributed by atoms with Crippen LogP contribution in [0.3, 0.4) is 0 Å². The molecule has 0 fully saturated rings. The maximum absolute atomic E-state index is 14.1. The van der Waals surface area contributed by atoms with E-state index in [4.69, 9.17) is 4.42 Å². The maximum Gasteiger partial charge on any atom is 0.256 e. The van der Waals surface area contributed by atoms with Gasteiger partial charge in [-0.05, 0) is 49.1 Å². The van der Waals surface area contributed by atoms with Gasteiger partial charge in [0.25, 0.3) is 5.91 Å². The van der Waals surface area contributed by atoms with Gasteiger partial charge in [0.05, 0.1) is 11.3 Å². The summed E-state index contributed by atoms with van der Waals surface area (Å²) in [7, 11) is 0. The monoisotopic (exact) mass is 388 g/mol. The number of benzene rings is 2. The van der Waals surface area contributed by atoms with Crippen molar-refractivity contribution in [3.63, 3.8) is 0 Å². The molecule has 0 saturated carbocycles. The first kappa shape index (κ1) is 17.7. The number of nitrogens with one attached hydrogen (secondary N) is 2. The predicted octanol–water partition coefficient (Wildman–Crippen LogP) is 5.40. The summed E-state index contributed by atoms with van der Waals surface area (Å²) in [5.74, 6) is 0.957. The van der Waals surface area contributed by atoms with Crippen LogP contribution >= 0.6 is 0 Å². The average Bonchev–Trinajstić information content (AvgIpc) is 3.26. The number of aryl methyl sites for hydroxylation is 1. The molecule has 3 aromatic rings. The van der Waals surface area contributed by atoms with Gasteiger partial charge in [-0.25, -0.2) is 4.39 Å². The molecule has 0 saturated heterocycles. The van der Waals surface area contributed by atoms with Gasteiger partial charge >= 0.3 is 0 Å². The van der Waals surface area contributed by atoms with Crippen molar-refractivity contribution < 1.29 is 13.6 Å². The van der Waals surface area contributed by atoms with Crippen LogP contribution in [0, 0.1) is 5.82 Å². The second-order valence-electron chi connectivity index (χ2n) is 7.45. The highest BCUT2D eigenvalue weighted by atomic mass is 19.1. The Morgan fingerprint density at radius 2 is 1.90 bits per heavy atom. The Hall–Kier alpha value is -3.34. The summed E-state index contributed by atoms with van der Waals surface area (Å²) >= 11 is 0. The van der Waals surface area contributed by atoms with Gasteiger partial charge in [0.1, 0.15) is 17.3 Å². The zero-order valence-corrected chi connectivity index (χ0v) is 15.9. The molecule has 5 rings (SSSR count). The van der Waals surface area contributed by atoms with E-state index in [1.54, 1.807) is 18.2 Å². The summed E-state index contributed by atoms with van der Waals surface area (Å²) in [5.41, 5.74) is 4.60. The van der Waals surface area contributed by atoms with E-state index >= 15 is 0 Å². The highest BCUT2D eigenvalue weighted by Crippen LogP contribution is 2.37. The lowest BCUT2D eigenvalue weighted by atomic mass is 9.94. The molecular formula is C24H21FN2O2. The number of hydrogen-bond donors (Lipinski definition) is 2. The lowest BCUT2D eigenvalue weighted by Crippen LogP contribution is -2.07. The minimum Gasteiger partial charge on any atom is -0.461 e. The fourth-order valence-corrected chi connectivity index (χ4v) is 4.16. The van der Waals surface area contributed by atoms with Gasteiger partial charge in [-0.1, -0.05) is 30.3 Å². The van der Waals surface area contributed by atoms with Gasteiger partial charge < -0.3 is 15.1 Å². The van der Waals surface area contributed by atoms with Crippen molar-refractivity contribution in [3.8, 4) is 0 Å². The van der Waals surface area contributed by atoms with Gasteiger partial charge in [-0.15, -0.1) is 0 Å². The summed E-state index contributed by atoms with van der Waals surface area (Å²) < 4.78 is 20.3. The van der Waals surface area contributed by atoms with Crippen LogP contribution in [0.25, 0.3) is 11.6 Å². The molecule has 2 aliphatic rings. The summed E-state index contributed by atoms with van der Waals surface area (Å²) in [6.45, 7) is 0.611. The van der Waals surface area contributed by atoms with E-state index in [0.29, 0.717) is 23.4 Å². The number of hydrogen-bond acceptors (Lipinski definition) is 3. The van der Waals surface area contributed by atoms with Crippen LogP contribution in [0.5, 0.6) is 0 Å². The number of anilines is 2. The van der Waals surface area contributed by atoms with Gasteiger partial charge in [-0.2, -0.15) is 0 Å². The van der Waals surface area contributed by atoms with Crippen molar-refractivity contribution in [2.45, 2.75) is 32.2 Å². The molecule has 5 heteroatoms. The third-order valence-corrected chi connectivity index (χ3v) is 5.62. The first-order valence-electron chi connectivity index (χ1n) is 9.95. The molecule has 1 aliphatic carbocycles. The van der Waals surface area contributed by atoms with E-state index in [-0.39, 0.29) is 11.6 Å². The van der Waals surface area contributed by atoms with Crippen LogP contribution in [0.15, 0.2) is 52.9 Å². The highest BCUT2D eigenvalue weighted by Gasteiger charge is 2.28. The van der Waals surface area contributed by atoms with E-state index in [1.807, 2.05) is 30.3 Å². The molecule has 0 unspecified atom stereocenters. The van der Waals surface area contributed by atoms with Crippen molar-refractivity contribution in [1.82, 2.24) is 0 Å². The quantitative estimate of drug-likeness (QED) is 0.588. The van der Waals surface area contributed by atoms with Crippen LogP contribution in [-0.4, -0.2) is 5.91 Å². The Bertz CT molecular complexity index is 1120. The molecule has 29 heavy (non-hydrogen) atoms. The van der Waals surface area contributed by atoms with E-state index in [1.165, 1.54) is 11.6 Å². The Labute approximate surface area is 168 Å². The van der Waals surface area contributed by atoms with Crippen molar-refractivity contribution in [2.24, 2.45) is 0 Å². The third-order valence-electron chi connectivity index (χ3n) is 5.62. The van der Waals surface area contributed by atoms with Crippen molar-refractivity contribution in [2.75, 3.05) is 10.6 Å². The number of furan rings is 1. The normalized spacial score (nSPS) is 16.4. The van der Waals surface area contributed by atoms with Gasteiger partial charge in [0, 0.05) is 29.8 Å². The maximum atomic E-state index is 14.1. The van der Waals surface area contributed by atoms with Crippen LogP contribution < -0.4 is 10.6 Å². The number of halogens is 1. The van der Waals surface area contributed by atoms with Crippen LogP contribution in [0.4, 0.5) is 15.8 Å². The molecule has 2 N–H and O–H groups in total. The molecule has 0 bridgehead atoms. The lowest BCUT2D eigenvalue weighted by Gasteiger charge is -2.12. The largest absolute Gasteiger partial charge is 0.461 e. The second-order valence-corrected chi connectivity index (χ2v) is 7.45. The molecule has 0 atom stereocenters. The SMILES string of the molecule is O=C1Nc2c(F)cccc2C1=Cc1oc2c(c1CNc1ccccc1)CCCC2. The molecule has 2 heterocycles. The van der Waals surface area contributed by atoms with Crippen molar-refractivity contribution in [1.29, 1.82) is 0 Å². The first-order valence-corrected chi connectivity index (χ1v) is 9.95. The van der Waals surface area contributed by atoms with E-state index < -0.39 is 5.82 Å². The molecule has 146 valence electrons. The van der Waals surface area contributed by atoms with Crippen LogP contribution in [0.1, 0.15) is 41.1 Å². The number of rotatable bonds is 4. The lowest BCUT2D eigenvalue weighted by molar-refractivity contribution is -0.110. The summed E-state index contributed by atoms with van der Waals surface area (Å²) in [6, 6.07) is 14.7. The van der Waals surface area contributed by atoms with E-state index in [2.05, 4.69) is 10.6 Å². The third kappa shape index (κ3) is 3.23. The minimum absolute atomic E-state index is 0.240. The Kier molecular flexibility index (Phi) is 4.43. The fraction of sp³-hybridized carbons (Fsp3) is 0.208. The molecule has 1 amide bonds. The van der Waals surface area contributed by atoms with Crippen LogP contribution in [-0.2, 0) is 24.2 Å². The second kappa shape index (κ2) is 7.24. The van der Waals surface area contributed by atoms with E-state index in [9.17, 15) is 9.18 Å². The average molecular weight is 388 g/mol. The molecule has 1 aromatic heterocycles. The number of carbonyl (C=O) groups is 1. The number of amides is 1. The number of fused-ring (bicyclic) bond motifs is 2. The summed E-state index contributed by atoms with van der Waals surface area (Å²) in [6.07, 6.45) is 5.90. The summed E-state index contributed by atoms with van der Waals surface area (Å²) in [5, 5.41) is 6.09. The van der Waals surface area contributed by atoms with Gasteiger partial charge in [0.15, 0.2) is 0 Å². The molecular weight excluding hydrogens is 367 g/mol. The Morgan fingerprint density at radius 1 is 1.07 bits per heavy atom. The topological polar surface area (TPSA) is 54.3 Å². The molecule has 1 aliphatic heterocycles. The number of para-hydroxylation sites is 2. The molecule has 2 aromatic carbocycles. The standard InChI is InChI=1S/C24H21FN2O2/c25-20-11-6-10-17-18(24(28)27-23(17)20)13-22-19(14-26-15-7-2-1-3-8-15)16-9-4-5-12-21(16)29-22/h1-3,6-8,10-11,13,26H,4-5,9,12,14H2,(H,27,28). The molecule has 0 radical (unpaired) electrons. The number of carbonyl (C=O) groups excluding carboxylic acids is 1. The Morgan fingerprint density at radius 3 is 2.76 bits per heavy atom. The first-order chi connectivity index (χ1) is 14.2. The van der Waals surface area contributed by atoms with Crippen molar-refractivity contribution in [3.05, 3.63) is 82.6 Å². The predicted molar refractivity (Wildman–Crippen MR) is 112 cm³/mol.